The van der Waals surface area contributed by atoms with Gasteiger partial charge in [0.05, 0.1) is 13.2 Å². The van der Waals surface area contributed by atoms with Crippen molar-refractivity contribution < 1.29 is 9.53 Å². The highest BCUT2D eigenvalue weighted by molar-refractivity contribution is 6.36. The summed E-state index contributed by atoms with van der Waals surface area (Å²) in [6.45, 7) is 5.91. The van der Waals surface area contributed by atoms with E-state index in [1.165, 1.54) is 0 Å². The average molecular weight is 428 g/mol. The van der Waals surface area contributed by atoms with Gasteiger partial charge in [0.15, 0.2) is 0 Å². The number of ether oxygens (including phenoxy) is 1. The zero-order valence-corrected chi connectivity index (χ0v) is 19.4. The lowest BCUT2D eigenvalue weighted by Gasteiger charge is -2.23. The molecule has 2 aromatic rings. The number of benzene rings is 2. The summed E-state index contributed by atoms with van der Waals surface area (Å²) in [6.07, 6.45) is 6.99. The maximum absolute atomic E-state index is 13.5. The Labute approximate surface area is 193 Å². The van der Waals surface area contributed by atoms with Crippen LogP contribution in [0.1, 0.15) is 69.9 Å². The van der Waals surface area contributed by atoms with E-state index in [4.69, 9.17) is 17.6 Å². The van der Waals surface area contributed by atoms with Crippen LogP contribution in [-0.4, -0.2) is 36.6 Å². The molecule has 2 aromatic carbocycles. The first-order valence-electron chi connectivity index (χ1n) is 12.0. The number of rotatable bonds is 9. The molecule has 5 heteroatoms. The lowest BCUT2D eigenvalue weighted by atomic mass is 9.85. The van der Waals surface area contributed by atoms with E-state index in [9.17, 15) is 4.79 Å². The van der Waals surface area contributed by atoms with Crippen LogP contribution in [0.5, 0.6) is 0 Å². The van der Waals surface area contributed by atoms with E-state index in [2.05, 4.69) is 25.1 Å². The van der Waals surface area contributed by atoms with Crippen molar-refractivity contribution in [3.63, 3.8) is 0 Å². The Morgan fingerprint density at radius 3 is 2.59 bits per heavy atom. The molecule has 1 fully saturated rings. The van der Waals surface area contributed by atoms with E-state index >= 15 is 0 Å². The fourth-order valence-corrected chi connectivity index (χ4v) is 4.96. The molecule has 1 amide bonds. The van der Waals surface area contributed by atoms with Crippen molar-refractivity contribution >= 4 is 25.1 Å². The van der Waals surface area contributed by atoms with E-state index in [-0.39, 0.29) is 5.91 Å². The molecule has 1 heterocycles. The minimum absolute atomic E-state index is 0.198. The molecule has 0 unspecified atom stereocenters. The average Bonchev–Trinajstić information content (AvgIpc) is 3.38. The van der Waals surface area contributed by atoms with E-state index in [1.807, 2.05) is 36.1 Å². The smallest absolute Gasteiger partial charge is 0.256 e. The number of amides is 1. The number of aliphatic imine (C=N–C) groups is 1. The quantitative estimate of drug-likeness (QED) is 0.532. The van der Waals surface area contributed by atoms with Crippen LogP contribution < -0.4 is 5.46 Å². The fraction of sp³-hybridized carbons (Fsp3) is 0.481. The van der Waals surface area contributed by atoms with Gasteiger partial charge in [-0.2, -0.15) is 0 Å². The highest BCUT2D eigenvalue weighted by Gasteiger charge is 2.49. The molecule has 4 rings (SSSR count). The Bertz CT molecular complexity index is 995. The van der Waals surface area contributed by atoms with Gasteiger partial charge in [-0.25, -0.2) is 0 Å². The van der Waals surface area contributed by atoms with E-state index in [1.54, 1.807) is 0 Å². The number of carbonyl (C=O) groups is 1. The standard InChI is InChI=1S/C27H33BN2O2/c1-3-5-12-25-29-27(15-8-9-16-27)26(31)30(25)18-20-13-14-22(21(17-20)19-32-4-2)23-10-6-7-11-24(23)28/h6-7,10-11,13-14,17H,3-5,8-9,12,15-16,18-19H2,1-2H3. The first kappa shape index (κ1) is 22.8. The van der Waals surface area contributed by atoms with Gasteiger partial charge >= 0.3 is 0 Å². The molecule has 4 nitrogen and oxygen atoms in total. The lowest BCUT2D eigenvalue weighted by molar-refractivity contribution is -0.131. The topological polar surface area (TPSA) is 41.9 Å². The molecule has 0 saturated heterocycles. The van der Waals surface area contributed by atoms with Crippen molar-refractivity contribution in [2.75, 3.05) is 6.61 Å². The first-order valence-corrected chi connectivity index (χ1v) is 12.0. The maximum atomic E-state index is 13.5. The number of amidine groups is 1. The third kappa shape index (κ3) is 4.54. The molecule has 0 bridgehead atoms. The first-order chi connectivity index (χ1) is 15.6. The normalized spacial score (nSPS) is 17.4. The van der Waals surface area contributed by atoms with Crippen LogP contribution in [0.15, 0.2) is 47.5 Å². The summed E-state index contributed by atoms with van der Waals surface area (Å²) < 4.78 is 5.77. The molecule has 1 aliphatic heterocycles. The van der Waals surface area contributed by atoms with E-state index in [0.717, 1.165) is 78.5 Å². The Hall–Kier alpha value is -2.40. The molecule has 0 N–H and O–H groups in total. The Balaban J connectivity index is 1.63. The highest BCUT2D eigenvalue weighted by Crippen LogP contribution is 2.40. The van der Waals surface area contributed by atoms with Gasteiger partial charge in [-0.15, -0.1) is 0 Å². The minimum Gasteiger partial charge on any atom is -0.377 e. The lowest BCUT2D eigenvalue weighted by Crippen LogP contribution is -2.40. The number of nitrogens with zero attached hydrogens (tertiary/aromatic N) is 2. The summed E-state index contributed by atoms with van der Waals surface area (Å²) in [4.78, 5) is 20.4. The summed E-state index contributed by atoms with van der Waals surface area (Å²) in [5.74, 6) is 1.17. The Kier molecular flexibility index (Phi) is 7.15. The largest absolute Gasteiger partial charge is 0.377 e. The van der Waals surface area contributed by atoms with E-state index < -0.39 is 5.54 Å². The molecule has 0 atom stereocenters. The monoisotopic (exact) mass is 428 g/mol. The van der Waals surface area contributed by atoms with Gasteiger partial charge in [0.2, 0.25) is 0 Å². The predicted molar refractivity (Wildman–Crippen MR) is 131 cm³/mol. The molecule has 2 radical (unpaired) electrons. The van der Waals surface area contributed by atoms with Crippen LogP contribution in [0.2, 0.25) is 0 Å². The number of hydrogen-bond donors (Lipinski definition) is 0. The van der Waals surface area contributed by atoms with Crippen molar-refractivity contribution in [2.24, 2.45) is 4.99 Å². The van der Waals surface area contributed by atoms with Crippen LogP contribution in [0.3, 0.4) is 0 Å². The number of carbonyl (C=O) groups excluding carboxylic acids is 1. The zero-order valence-electron chi connectivity index (χ0n) is 19.4. The fourth-order valence-electron chi connectivity index (χ4n) is 4.96. The van der Waals surface area contributed by atoms with Gasteiger partial charge in [-0.1, -0.05) is 74.1 Å². The summed E-state index contributed by atoms with van der Waals surface area (Å²) >= 11 is 0. The minimum atomic E-state index is -0.490. The van der Waals surface area contributed by atoms with Crippen LogP contribution in [-0.2, 0) is 22.7 Å². The van der Waals surface area contributed by atoms with Crippen molar-refractivity contribution in [1.29, 1.82) is 0 Å². The maximum Gasteiger partial charge on any atom is 0.256 e. The highest BCUT2D eigenvalue weighted by atomic mass is 16.5. The Morgan fingerprint density at radius 1 is 1.09 bits per heavy atom. The van der Waals surface area contributed by atoms with Crippen LogP contribution in [0.25, 0.3) is 11.1 Å². The van der Waals surface area contributed by atoms with E-state index in [0.29, 0.717) is 19.8 Å². The van der Waals surface area contributed by atoms with Crippen molar-refractivity contribution in [3.8, 4) is 11.1 Å². The van der Waals surface area contributed by atoms with Crippen molar-refractivity contribution in [1.82, 2.24) is 4.90 Å². The molecule has 2 aliphatic rings. The number of hydrogen-bond acceptors (Lipinski definition) is 3. The third-order valence-corrected chi connectivity index (χ3v) is 6.71. The van der Waals surface area contributed by atoms with Gasteiger partial charge in [-0.05, 0) is 48.4 Å². The molecular weight excluding hydrogens is 395 g/mol. The van der Waals surface area contributed by atoms with Crippen molar-refractivity contribution in [3.05, 3.63) is 53.6 Å². The van der Waals surface area contributed by atoms with Gasteiger partial charge < -0.3 is 4.74 Å². The van der Waals surface area contributed by atoms with Gasteiger partial charge in [0.1, 0.15) is 19.2 Å². The van der Waals surface area contributed by atoms with Crippen molar-refractivity contribution in [2.45, 2.75) is 77.5 Å². The number of unbranched alkanes of at least 4 members (excludes halogenated alkanes) is 1. The summed E-state index contributed by atoms with van der Waals surface area (Å²) in [5, 5.41) is 0. The van der Waals surface area contributed by atoms with Gasteiger partial charge in [0.25, 0.3) is 5.91 Å². The third-order valence-electron chi connectivity index (χ3n) is 6.71. The van der Waals surface area contributed by atoms with Crippen LogP contribution in [0, 0.1) is 0 Å². The molecule has 0 aromatic heterocycles. The second-order valence-corrected chi connectivity index (χ2v) is 8.98. The molecule has 1 saturated carbocycles. The molecule has 1 aliphatic carbocycles. The summed E-state index contributed by atoms with van der Waals surface area (Å²) in [7, 11) is 6.26. The zero-order chi connectivity index (χ0) is 22.6. The molecule has 32 heavy (non-hydrogen) atoms. The predicted octanol–water partition coefficient (Wildman–Crippen LogP) is 4.93. The molecule has 166 valence electrons. The van der Waals surface area contributed by atoms with Crippen LogP contribution in [0.4, 0.5) is 0 Å². The van der Waals surface area contributed by atoms with Gasteiger partial charge in [-0.3, -0.25) is 14.7 Å². The molecule has 1 spiro atoms. The molecular formula is C27H33BN2O2. The second-order valence-electron chi connectivity index (χ2n) is 8.98. The summed E-state index contributed by atoms with van der Waals surface area (Å²) in [5.41, 5.74) is 4.56. The van der Waals surface area contributed by atoms with Crippen LogP contribution >= 0.6 is 0 Å². The SMILES string of the molecule is [B]c1ccccc1-c1ccc(CN2C(=O)C3(CCCC3)N=C2CCCC)cc1COCC. The van der Waals surface area contributed by atoms with Gasteiger partial charge in [0, 0.05) is 13.0 Å². The summed E-state index contributed by atoms with van der Waals surface area (Å²) in [6, 6.07) is 14.3. The second kappa shape index (κ2) is 10.0. The Morgan fingerprint density at radius 2 is 1.88 bits per heavy atom.